The van der Waals surface area contributed by atoms with Gasteiger partial charge in [0.15, 0.2) is 0 Å². The van der Waals surface area contributed by atoms with Crippen molar-refractivity contribution in [3.05, 3.63) is 42.2 Å². The highest BCUT2D eigenvalue weighted by Gasteiger charge is 2.01. The summed E-state index contributed by atoms with van der Waals surface area (Å²) in [6.07, 6.45) is 3.73. The maximum Gasteiger partial charge on any atom is 0.0499 e. The van der Waals surface area contributed by atoms with Gasteiger partial charge in [0, 0.05) is 44.6 Å². The van der Waals surface area contributed by atoms with Crippen molar-refractivity contribution in [1.29, 1.82) is 0 Å². The third-order valence-corrected chi connectivity index (χ3v) is 2.98. The zero-order valence-corrected chi connectivity index (χ0v) is 11.0. The molecule has 0 fully saturated rings. The predicted molar refractivity (Wildman–Crippen MR) is 74.5 cm³/mol. The van der Waals surface area contributed by atoms with Gasteiger partial charge in [-0.15, -0.1) is 0 Å². The quantitative estimate of drug-likeness (QED) is 0.848. The highest BCUT2D eigenvalue weighted by molar-refractivity contribution is 5.81. The fourth-order valence-electron chi connectivity index (χ4n) is 2.05. The van der Waals surface area contributed by atoms with Crippen LogP contribution in [0.1, 0.15) is 12.5 Å². The Hall–Kier alpha value is -1.45. The predicted octanol–water partition coefficient (Wildman–Crippen LogP) is 2.61. The van der Waals surface area contributed by atoms with E-state index in [9.17, 15) is 0 Å². The number of nitrogens with zero attached hydrogens (tertiary/aromatic N) is 1. The van der Waals surface area contributed by atoms with Crippen LogP contribution in [0.25, 0.3) is 10.8 Å². The van der Waals surface area contributed by atoms with E-state index in [1.54, 1.807) is 7.11 Å². The monoisotopic (exact) mass is 244 g/mol. The van der Waals surface area contributed by atoms with E-state index in [0.717, 1.165) is 19.7 Å². The summed E-state index contributed by atoms with van der Waals surface area (Å²) in [6, 6.07) is 8.54. The van der Waals surface area contributed by atoms with Gasteiger partial charge in [-0.1, -0.05) is 19.1 Å². The van der Waals surface area contributed by atoms with E-state index in [0.29, 0.717) is 5.92 Å². The Labute approximate surface area is 108 Å². The maximum atomic E-state index is 5.12. The number of benzene rings is 1. The summed E-state index contributed by atoms with van der Waals surface area (Å²) in [5.41, 5.74) is 1.30. The molecule has 0 bridgehead atoms. The number of hydrogen-bond acceptors (Lipinski definition) is 3. The van der Waals surface area contributed by atoms with E-state index in [-0.39, 0.29) is 0 Å². The molecule has 0 aliphatic carbocycles. The fraction of sp³-hybridized carbons (Fsp3) is 0.400. The van der Waals surface area contributed by atoms with Gasteiger partial charge in [0.25, 0.3) is 0 Å². The van der Waals surface area contributed by atoms with Crippen LogP contribution < -0.4 is 5.32 Å². The van der Waals surface area contributed by atoms with Crippen LogP contribution in [0.5, 0.6) is 0 Å². The molecule has 0 aliphatic heterocycles. The summed E-state index contributed by atoms with van der Waals surface area (Å²) in [7, 11) is 1.74. The topological polar surface area (TPSA) is 34.1 Å². The molecule has 2 aromatic rings. The Morgan fingerprint density at radius 3 is 3.00 bits per heavy atom. The van der Waals surface area contributed by atoms with Crippen LogP contribution in [0, 0.1) is 5.92 Å². The lowest BCUT2D eigenvalue weighted by Gasteiger charge is -2.11. The number of pyridine rings is 1. The Balaban J connectivity index is 1.91. The fourth-order valence-corrected chi connectivity index (χ4v) is 2.05. The average Bonchev–Trinajstić information content (AvgIpc) is 2.39. The molecule has 0 spiro atoms. The molecule has 0 aliphatic rings. The smallest absolute Gasteiger partial charge is 0.0499 e. The number of methoxy groups -OCH3 is 1. The lowest BCUT2D eigenvalue weighted by molar-refractivity contribution is 0.158. The largest absolute Gasteiger partial charge is 0.384 e. The van der Waals surface area contributed by atoms with Crippen LogP contribution in [-0.2, 0) is 11.3 Å². The number of rotatable bonds is 6. The van der Waals surface area contributed by atoms with Crippen molar-refractivity contribution in [3.63, 3.8) is 0 Å². The van der Waals surface area contributed by atoms with Crippen LogP contribution in [0.4, 0.5) is 0 Å². The second kappa shape index (κ2) is 6.47. The molecule has 0 saturated heterocycles. The lowest BCUT2D eigenvalue weighted by Crippen LogP contribution is -2.23. The molecule has 2 rings (SSSR count). The first-order chi connectivity index (χ1) is 8.79. The molecular formula is C15H20N2O. The van der Waals surface area contributed by atoms with Gasteiger partial charge in [-0.3, -0.25) is 4.98 Å². The minimum Gasteiger partial charge on any atom is -0.384 e. The van der Waals surface area contributed by atoms with Crippen LogP contribution in [0.2, 0.25) is 0 Å². The van der Waals surface area contributed by atoms with E-state index in [1.165, 1.54) is 16.3 Å². The summed E-state index contributed by atoms with van der Waals surface area (Å²) < 4.78 is 5.12. The van der Waals surface area contributed by atoms with Crippen LogP contribution in [-0.4, -0.2) is 25.2 Å². The van der Waals surface area contributed by atoms with Gasteiger partial charge in [-0.25, -0.2) is 0 Å². The SMILES string of the molecule is COCC(C)CNCc1ccc2cnccc2c1. The molecule has 18 heavy (non-hydrogen) atoms. The van der Waals surface area contributed by atoms with E-state index in [1.807, 2.05) is 18.5 Å². The average molecular weight is 244 g/mol. The van der Waals surface area contributed by atoms with Crippen molar-refractivity contribution in [2.24, 2.45) is 5.92 Å². The lowest BCUT2D eigenvalue weighted by atomic mass is 10.1. The summed E-state index contributed by atoms with van der Waals surface area (Å²) in [5, 5.41) is 5.89. The molecular weight excluding hydrogens is 224 g/mol. The minimum absolute atomic E-state index is 0.541. The van der Waals surface area contributed by atoms with Gasteiger partial charge in [-0.2, -0.15) is 0 Å². The van der Waals surface area contributed by atoms with Crippen LogP contribution in [0.15, 0.2) is 36.7 Å². The van der Waals surface area contributed by atoms with E-state index >= 15 is 0 Å². The first kappa shape index (κ1) is 13.0. The standard InChI is InChI=1S/C15H20N2O/c1-12(11-18-2)8-17-9-13-3-4-15-10-16-6-5-14(15)7-13/h3-7,10,12,17H,8-9,11H2,1-2H3. The Kier molecular flexibility index (Phi) is 4.67. The van der Waals surface area contributed by atoms with Crippen molar-refractivity contribution in [1.82, 2.24) is 10.3 Å². The minimum atomic E-state index is 0.541. The van der Waals surface area contributed by atoms with Crippen LogP contribution >= 0.6 is 0 Å². The Bertz CT molecular complexity index is 499. The molecule has 0 radical (unpaired) electrons. The van der Waals surface area contributed by atoms with Gasteiger partial charge >= 0.3 is 0 Å². The molecule has 1 unspecified atom stereocenters. The molecule has 0 saturated carbocycles. The van der Waals surface area contributed by atoms with Gasteiger partial charge < -0.3 is 10.1 Å². The van der Waals surface area contributed by atoms with Crippen LogP contribution in [0.3, 0.4) is 0 Å². The number of ether oxygens (including phenoxy) is 1. The molecule has 1 atom stereocenters. The summed E-state index contributed by atoms with van der Waals surface area (Å²) in [4.78, 5) is 4.12. The number of hydrogen-bond donors (Lipinski definition) is 1. The van der Waals surface area contributed by atoms with Crippen molar-refractivity contribution < 1.29 is 4.74 Å². The Morgan fingerprint density at radius 2 is 2.17 bits per heavy atom. The van der Waals surface area contributed by atoms with E-state index < -0.39 is 0 Å². The summed E-state index contributed by atoms with van der Waals surface area (Å²) in [5.74, 6) is 0.541. The molecule has 3 heteroatoms. The molecule has 3 nitrogen and oxygen atoms in total. The highest BCUT2D eigenvalue weighted by atomic mass is 16.5. The maximum absolute atomic E-state index is 5.12. The summed E-state index contributed by atoms with van der Waals surface area (Å²) in [6.45, 7) is 4.85. The normalized spacial score (nSPS) is 12.8. The van der Waals surface area contributed by atoms with Crippen molar-refractivity contribution in [2.75, 3.05) is 20.3 Å². The zero-order valence-electron chi connectivity index (χ0n) is 11.0. The first-order valence-electron chi connectivity index (χ1n) is 6.32. The third-order valence-electron chi connectivity index (χ3n) is 2.98. The van der Waals surface area contributed by atoms with Gasteiger partial charge in [0.1, 0.15) is 0 Å². The number of fused-ring (bicyclic) bond motifs is 1. The number of nitrogens with one attached hydrogen (secondary N) is 1. The van der Waals surface area contributed by atoms with Gasteiger partial charge in [-0.05, 0) is 29.0 Å². The highest BCUT2D eigenvalue weighted by Crippen LogP contribution is 2.14. The van der Waals surface area contributed by atoms with Gasteiger partial charge in [0.2, 0.25) is 0 Å². The molecule has 0 amide bonds. The van der Waals surface area contributed by atoms with E-state index in [2.05, 4.69) is 35.4 Å². The second-order valence-electron chi connectivity index (χ2n) is 4.75. The molecule has 96 valence electrons. The van der Waals surface area contributed by atoms with Crippen molar-refractivity contribution in [3.8, 4) is 0 Å². The zero-order chi connectivity index (χ0) is 12.8. The van der Waals surface area contributed by atoms with Gasteiger partial charge in [0.05, 0.1) is 0 Å². The molecule has 1 aromatic heterocycles. The first-order valence-corrected chi connectivity index (χ1v) is 6.32. The Morgan fingerprint density at radius 1 is 1.28 bits per heavy atom. The third kappa shape index (κ3) is 3.52. The van der Waals surface area contributed by atoms with E-state index in [4.69, 9.17) is 4.74 Å². The molecule has 1 heterocycles. The molecule has 1 N–H and O–H groups in total. The second-order valence-corrected chi connectivity index (χ2v) is 4.75. The summed E-state index contributed by atoms with van der Waals surface area (Å²) >= 11 is 0. The molecule has 1 aromatic carbocycles. The number of aromatic nitrogens is 1. The van der Waals surface area contributed by atoms with Crippen molar-refractivity contribution in [2.45, 2.75) is 13.5 Å². The van der Waals surface area contributed by atoms with Crippen molar-refractivity contribution >= 4 is 10.8 Å².